The first-order chi connectivity index (χ1) is 14.8. The molecule has 1 saturated heterocycles. The van der Waals surface area contributed by atoms with Gasteiger partial charge in [0.05, 0.1) is 5.69 Å². The maximum atomic E-state index is 5.16. The van der Waals surface area contributed by atoms with E-state index >= 15 is 0 Å². The van der Waals surface area contributed by atoms with Gasteiger partial charge in [0, 0.05) is 49.0 Å². The van der Waals surface area contributed by atoms with Crippen LogP contribution in [0.25, 0.3) is 27.3 Å². The van der Waals surface area contributed by atoms with E-state index in [0.717, 1.165) is 57.6 Å². The predicted molar refractivity (Wildman–Crippen MR) is 128 cm³/mol. The lowest BCUT2D eigenvalue weighted by molar-refractivity contribution is 0.185. The molecule has 164 valence electrons. The summed E-state index contributed by atoms with van der Waals surface area (Å²) in [5.41, 5.74) is 6.69. The minimum atomic E-state index is 0.362. The first kappa shape index (κ1) is 20.5. The molecular weight excluding hydrogens is 406 g/mol. The fourth-order valence-electron chi connectivity index (χ4n) is 4.76. The van der Waals surface area contributed by atoms with E-state index < -0.39 is 0 Å². The van der Waals surface area contributed by atoms with Crippen molar-refractivity contribution in [1.82, 2.24) is 29.5 Å². The van der Waals surface area contributed by atoms with Gasteiger partial charge in [0.25, 0.3) is 0 Å². The van der Waals surface area contributed by atoms with Gasteiger partial charge in [-0.3, -0.25) is 4.90 Å². The van der Waals surface area contributed by atoms with E-state index in [-0.39, 0.29) is 0 Å². The van der Waals surface area contributed by atoms with Gasteiger partial charge in [0.2, 0.25) is 0 Å². The SMILES string of the molecule is Cc1cc(-c2[nH]c3sc(N4CCN(C(C)C)CC4C)nc3c2C(C)C)cn2ncnc12. The minimum Gasteiger partial charge on any atom is -0.345 e. The number of nitrogens with one attached hydrogen (secondary N) is 1. The molecule has 0 aliphatic carbocycles. The molecule has 0 aromatic carbocycles. The Morgan fingerprint density at radius 1 is 1.19 bits per heavy atom. The van der Waals surface area contributed by atoms with Crippen molar-refractivity contribution < 1.29 is 0 Å². The quantitative estimate of drug-likeness (QED) is 0.502. The molecule has 8 heteroatoms. The Morgan fingerprint density at radius 3 is 2.71 bits per heavy atom. The van der Waals surface area contributed by atoms with Crippen LogP contribution < -0.4 is 4.90 Å². The van der Waals surface area contributed by atoms with E-state index in [2.05, 4.69) is 78.7 Å². The van der Waals surface area contributed by atoms with Gasteiger partial charge in [-0.15, -0.1) is 0 Å². The smallest absolute Gasteiger partial charge is 0.188 e. The Hall–Kier alpha value is -2.45. The van der Waals surface area contributed by atoms with Crippen molar-refractivity contribution in [2.24, 2.45) is 0 Å². The summed E-state index contributed by atoms with van der Waals surface area (Å²) >= 11 is 1.78. The van der Waals surface area contributed by atoms with Gasteiger partial charge in [-0.1, -0.05) is 25.2 Å². The molecule has 7 nitrogen and oxygen atoms in total. The van der Waals surface area contributed by atoms with Crippen molar-refractivity contribution in [3.05, 3.63) is 29.7 Å². The molecule has 0 saturated carbocycles. The summed E-state index contributed by atoms with van der Waals surface area (Å²) in [6.07, 6.45) is 3.67. The van der Waals surface area contributed by atoms with Crippen molar-refractivity contribution in [2.45, 2.75) is 59.5 Å². The molecule has 1 aliphatic rings. The lowest BCUT2D eigenvalue weighted by Gasteiger charge is -2.41. The van der Waals surface area contributed by atoms with Crippen LogP contribution in [-0.2, 0) is 0 Å². The van der Waals surface area contributed by atoms with E-state index in [1.54, 1.807) is 17.7 Å². The van der Waals surface area contributed by atoms with Crippen molar-refractivity contribution in [2.75, 3.05) is 24.5 Å². The third-order valence-electron chi connectivity index (χ3n) is 6.44. The van der Waals surface area contributed by atoms with Gasteiger partial charge in [-0.05, 0) is 45.2 Å². The molecule has 0 radical (unpaired) electrons. The first-order valence-corrected chi connectivity index (χ1v) is 12.0. The number of piperazine rings is 1. The van der Waals surface area contributed by atoms with Crippen molar-refractivity contribution >= 4 is 32.5 Å². The zero-order chi connectivity index (χ0) is 21.9. The Kier molecular flexibility index (Phi) is 5.01. The van der Waals surface area contributed by atoms with Crippen LogP contribution in [0.15, 0.2) is 18.6 Å². The molecule has 1 aliphatic heterocycles. The molecule has 4 aromatic heterocycles. The third kappa shape index (κ3) is 3.42. The summed E-state index contributed by atoms with van der Waals surface area (Å²) in [5, 5.41) is 5.48. The molecule has 31 heavy (non-hydrogen) atoms. The number of rotatable bonds is 4. The average Bonchev–Trinajstić information content (AvgIpc) is 3.41. The molecule has 5 rings (SSSR count). The Balaban J connectivity index is 1.55. The van der Waals surface area contributed by atoms with Gasteiger partial charge in [-0.2, -0.15) is 5.10 Å². The highest BCUT2D eigenvalue weighted by Crippen LogP contribution is 2.40. The molecule has 4 aromatic rings. The molecule has 1 N–H and O–H groups in total. The third-order valence-corrected chi connectivity index (χ3v) is 7.45. The molecule has 0 bridgehead atoms. The lowest BCUT2D eigenvalue weighted by Crippen LogP contribution is -2.53. The number of fused-ring (bicyclic) bond motifs is 2. The fraction of sp³-hybridized carbons (Fsp3) is 0.522. The zero-order valence-electron chi connectivity index (χ0n) is 19.2. The molecular formula is C23H31N7S. The zero-order valence-corrected chi connectivity index (χ0v) is 20.0. The minimum absolute atomic E-state index is 0.362. The number of aromatic nitrogens is 5. The summed E-state index contributed by atoms with van der Waals surface area (Å²) in [4.78, 5) is 19.4. The molecule has 1 atom stereocenters. The summed E-state index contributed by atoms with van der Waals surface area (Å²) in [6, 6.07) is 3.25. The number of hydrogen-bond acceptors (Lipinski definition) is 6. The van der Waals surface area contributed by atoms with E-state index in [1.807, 2.05) is 4.52 Å². The van der Waals surface area contributed by atoms with Crippen molar-refractivity contribution in [3.63, 3.8) is 0 Å². The molecule has 0 amide bonds. The monoisotopic (exact) mass is 437 g/mol. The van der Waals surface area contributed by atoms with Crippen LogP contribution in [0.3, 0.4) is 0 Å². The molecule has 1 unspecified atom stereocenters. The summed E-state index contributed by atoms with van der Waals surface area (Å²) < 4.78 is 1.86. The van der Waals surface area contributed by atoms with Crippen LogP contribution in [0.5, 0.6) is 0 Å². The Labute approximate surface area is 187 Å². The number of pyridine rings is 1. The molecule has 0 spiro atoms. The summed E-state index contributed by atoms with van der Waals surface area (Å²) in [7, 11) is 0. The Bertz CT molecular complexity index is 1230. The summed E-state index contributed by atoms with van der Waals surface area (Å²) in [6.45, 7) is 16.7. The van der Waals surface area contributed by atoms with Gasteiger partial charge >= 0.3 is 0 Å². The van der Waals surface area contributed by atoms with E-state index in [1.165, 1.54) is 5.56 Å². The maximum Gasteiger partial charge on any atom is 0.188 e. The average molecular weight is 438 g/mol. The highest BCUT2D eigenvalue weighted by Gasteiger charge is 2.29. The summed E-state index contributed by atoms with van der Waals surface area (Å²) in [5.74, 6) is 0.362. The topological polar surface area (TPSA) is 65.4 Å². The maximum absolute atomic E-state index is 5.16. The van der Waals surface area contributed by atoms with Gasteiger partial charge in [0.15, 0.2) is 10.8 Å². The van der Waals surface area contributed by atoms with Gasteiger partial charge in [-0.25, -0.2) is 14.5 Å². The number of thiazole rings is 1. The van der Waals surface area contributed by atoms with Crippen LogP contribution in [-0.4, -0.2) is 61.2 Å². The second-order valence-corrected chi connectivity index (χ2v) is 10.3. The van der Waals surface area contributed by atoms with Gasteiger partial charge < -0.3 is 9.88 Å². The molecule has 1 fully saturated rings. The van der Waals surface area contributed by atoms with Crippen LogP contribution in [0, 0.1) is 6.92 Å². The van der Waals surface area contributed by atoms with Crippen LogP contribution in [0.2, 0.25) is 0 Å². The van der Waals surface area contributed by atoms with Crippen LogP contribution in [0.4, 0.5) is 5.13 Å². The number of aryl methyl sites for hydroxylation is 1. The van der Waals surface area contributed by atoms with Crippen LogP contribution >= 0.6 is 11.3 Å². The van der Waals surface area contributed by atoms with E-state index in [0.29, 0.717) is 18.0 Å². The lowest BCUT2D eigenvalue weighted by atomic mass is 9.99. The van der Waals surface area contributed by atoms with Gasteiger partial charge in [0.1, 0.15) is 16.7 Å². The van der Waals surface area contributed by atoms with Crippen molar-refractivity contribution in [3.8, 4) is 11.3 Å². The molecule has 5 heterocycles. The number of H-pyrrole nitrogens is 1. The Morgan fingerprint density at radius 2 is 2.00 bits per heavy atom. The first-order valence-electron chi connectivity index (χ1n) is 11.2. The van der Waals surface area contributed by atoms with Crippen molar-refractivity contribution in [1.29, 1.82) is 0 Å². The fourth-order valence-corrected chi connectivity index (χ4v) is 5.87. The number of aromatic amines is 1. The second-order valence-electron chi connectivity index (χ2n) is 9.31. The highest BCUT2D eigenvalue weighted by atomic mass is 32.1. The largest absolute Gasteiger partial charge is 0.345 e. The standard InChI is InChI=1S/C23H31N7S/c1-13(2)18-19(17-9-15(5)21-24-12-25-30(21)11-17)26-22-20(18)27-23(31-22)29-8-7-28(14(3)4)10-16(29)6/h9,11-14,16,26H,7-8,10H2,1-6H3. The normalized spacial score (nSPS) is 18.3. The van der Waals surface area contributed by atoms with Crippen LogP contribution in [0.1, 0.15) is 51.7 Å². The van der Waals surface area contributed by atoms with E-state index in [9.17, 15) is 0 Å². The predicted octanol–water partition coefficient (Wildman–Crippen LogP) is 4.68. The number of nitrogens with zero attached hydrogens (tertiary/aromatic N) is 6. The highest BCUT2D eigenvalue weighted by molar-refractivity contribution is 7.21. The number of anilines is 1. The second kappa shape index (κ2) is 7.60. The van der Waals surface area contributed by atoms with E-state index in [4.69, 9.17) is 4.98 Å². The number of hydrogen-bond donors (Lipinski definition) is 1.